The summed E-state index contributed by atoms with van der Waals surface area (Å²) in [6.07, 6.45) is 1.85. The molecule has 18 heavy (non-hydrogen) atoms. The largest absolute Gasteiger partial charge is 0.296 e. The predicted molar refractivity (Wildman–Crippen MR) is 64.1 cm³/mol. The van der Waals surface area contributed by atoms with Gasteiger partial charge in [0.15, 0.2) is 27.6 Å². The molecule has 1 aliphatic heterocycles. The van der Waals surface area contributed by atoms with Crippen LogP contribution >= 0.6 is 0 Å². The van der Waals surface area contributed by atoms with E-state index >= 15 is 0 Å². The molecule has 1 aliphatic rings. The van der Waals surface area contributed by atoms with Gasteiger partial charge in [0, 0.05) is 0 Å². The molecule has 94 valence electrons. The highest BCUT2D eigenvalue weighted by molar-refractivity contribution is 7.91. The second-order valence-electron chi connectivity index (χ2n) is 4.32. The number of hydrogen-bond acceptors (Lipinski definition) is 5. The maximum Gasteiger partial charge on any atom is 0.166 e. The van der Waals surface area contributed by atoms with Gasteiger partial charge in [-0.2, -0.15) is 0 Å². The van der Waals surface area contributed by atoms with Crippen LogP contribution in [0.2, 0.25) is 0 Å². The van der Waals surface area contributed by atoms with Gasteiger partial charge in [-0.15, -0.1) is 10.2 Å². The lowest BCUT2D eigenvalue weighted by Gasteiger charge is -2.08. The Morgan fingerprint density at radius 2 is 2.17 bits per heavy atom. The first-order valence-electron chi connectivity index (χ1n) is 5.64. The minimum Gasteiger partial charge on any atom is -0.296 e. The molecular formula is C11H11N3O3S. The molecule has 6 nitrogen and oxygen atoms in total. The monoisotopic (exact) mass is 265 g/mol. The van der Waals surface area contributed by atoms with E-state index in [0.29, 0.717) is 36.3 Å². The molecule has 0 N–H and O–H groups in total. The van der Waals surface area contributed by atoms with Crippen LogP contribution in [0.5, 0.6) is 0 Å². The van der Waals surface area contributed by atoms with Crippen molar-refractivity contribution in [1.29, 1.82) is 0 Å². The summed E-state index contributed by atoms with van der Waals surface area (Å²) in [7, 11) is -3.17. The molecule has 0 amide bonds. The number of hydrogen-bond donors (Lipinski definition) is 0. The zero-order valence-corrected chi connectivity index (χ0v) is 10.3. The minimum absolute atomic E-state index is 0.176. The molecule has 0 spiro atoms. The fourth-order valence-corrected chi connectivity index (χ4v) is 4.22. The fourth-order valence-electron chi connectivity index (χ4n) is 2.37. The van der Waals surface area contributed by atoms with Crippen molar-refractivity contribution in [1.82, 2.24) is 14.6 Å². The van der Waals surface area contributed by atoms with Crippen LogP contribution in [0, 0.1) is 0 Å². The molecule has 7 heteroatoms. The summed E-state index contributed by atoms with van der Waals surface area (Å²) in [5.74, 6) is 0.528. The van der Waals surface area contributed by atoms with E-state index in [9.17, 15) is 13.2 Å². The molecule has 1 unspecified atom stereocenters. The van der Waals surface area contributed by atoms with Crippen molar-refractivity contribution in [3.05, 3.63) is 29.7 Å². The molecule has 1 atom stereocenters. The molecule has 1 fully saturated rings. The summed E-state index contributed by atoms with van der Waals surface area (Å²) < 4.78 is 25.4. The van der Waals surface area contributed by atoms with Crippen molar-refractivity contribution in [3.8, 4) is 0 Å². The first-order chi connectivity index (χ1) is 8.63. The molecule has 0 radical (unpaired) electrons. The van der Waals surface area contributed by atoms with E-state index in [1.807, 2.05) is 0 Å². The van der Waals surface area contributed by atoms with Crippen LogP contribution < -0.4 is 0 Å². The smallest absolute Gasteiger partial charge is 0.166 e. The van der Waals surface area contributed by atoms with Gasteiger partial charge in [0.1, 0.15) is 5.25 Å². The zero-order chi connectivity index (χ0) is 12.8. The lowest BCUT2D eigenvalue weighted by Crippen LogP contribution is -2.13. The third kappa shape index (κ3) is 1.54. The van der Waals surface area contributed by atoms with Crippen molar-refractivity contribution in [2.45, 2.75) is 18.1 Å². The third-order valence-electron chi connectivity index (χ3n) is 3.22. The molecule has 1 saturated heterocycles. The Morgan fingerprint density at radius 3 is 2.83 bits per heavy atom. The summed E-state index contributed by atoms with van der Waals surface area (Å²) in [6, 6.07) is 5.01. The fraction of sp³-hybridized carbons (Fsp3) is 0.364. The number of carbonyl (C=O) groups is 1. The van der Waals surface area contributed by atoms with Gasteiger partial charge in [-0.25, -0.2) is 8.42 Å². The number of fused-ring (bicyclic) bond motifs is 1. The average molecular weight is 265 g/mol. The Morgan fingerprint density at radius 1 is 1.33 bits per heavy atom. The highest BCUT2D eigenvalue weighted by Gasteiger charge is 2.36. The quantitative estimate of drug-likeness (QED) is 0.750. The first kappa shape index (κ1) is 11.3. The number of sulfone groups is 1. The molecular weight excluding hydrogens is 254 g/mol. The predicted octanol–water partition coefficient (Wildman–Crippen LogP) is 0.791. The van der Waals surface area contributed by atoms with Crippen LogP contribution in [-0.4, -0.2) is 35.1 Å². The van der Waals surface area contributed by atoms with Crippen molar-refractivity contribution < 1.29 is 13.2 Å². The number of carbonyl (C=O) groups excluding carboxylic acids is 1. The Labute approximate surface area is 104 Å². The van der Waals surface area contributed by atoms with Crippen molar-refractivity contribution in [2.75, 3.05) is 5.75 Å². The minimum atomic E-state index is -3.17. The maximum atomic E-state index is 11.9. The normalized spacial score (nSPS) is 22.3. The van der Waals surface area contributed by atoms with Gasteiger partial charge in [0.2, 0.25) is 0 Å². The van der Waals surface area contributed by atoms with Gasteiger partial charge in [-0.05, 0) is 25.0 Å². The second kappa shape index (κ2) is 3.88. The average Bonchev–Trinajstić information content (AvgIpc) is 2.91. The van der Waals surface area contributed by atoms with E-state index in [-0.39, 0.29) is 5.75 Å². The Balaban J connectivity index is 2.27. The molecule has 2 aromatic rings. The molecule has 0 saturated carbocycles. The van der Waals surface area contributed by atoms with Gasteiger partial charge in [-0.1, -0.05) is 6.07 Å². The summed E-state index contributed by atoms with van der Waals surface area (Å²) in [5, 5.41) is 7.24. The number of nitrogens with zero attached hydrogens (tertiary/aromatic N) is 3. The van der Waals surface area contributed by atoms with Crippen LogP contribution in [-0.2, 0) is 9.84 Å². The van der Waals surface area contributed by atoms with Gasteiger partial charge < -0.3 is 0 Å². The zero-order valence-electron chi connectivity index (χ0n) is 9.48. The van der Waals surface area contributed by atoms with E-state index in [2.05, 4.69) is 10.2 Å². The van der Waals surface area contributed by atoms with Gasteiger partial charge in [0.05, 0.1) is 11.4 Å². The lowest BCUT2D eigenvalue weighted by molar-refractivity contribution is 0.111. The molecule has 0 aromatic carbocycles. The van der Waals surface area contributed by atoms with E-state index in [0.717, 1.165) is 0 Å². The molecule has 3 rings (SSSR count). The van der Waals surface area contributed by atoms with Gasteiger partial charge >= 0.3 is 0 Å². The standard InChI is InChI=1S/C11H11N3O3S/c15-7-8-3-1-5-10-12-13-11(14(8)10)9-4-2-6-18(9,16)17/h1,3,5,7,9H,2,4,6H2. The lowest BCUT2D eigenvalue weighted by atomic mass is 10.2. The van der Waals surface area contributed by atoms with Gasteiger partial charge in [-0.3, -0.25) is 9.20 Å². The van der Waals surface area contributed by atoms with Gasteiger partial charge in [0.25, 0.3) is 0 Å². The highest BCUT2D eigenvalue weighted by atomic mass is 32.2. The summed E-state index contributed by atoms with van der Waals surface area (Å²) >= 11 is 0. The molecule has 0 aliphatic carbocycles. The molecule has 2 aromatic heterocycles. The Hall–Kier alpha value is -1.76. The van der Waals surface area contributed by atoms with E-state index < -0.39 is 15.1 Å². The van der Waals surface area contributed by atoms with Crippen molar-refractivity contribution >= 4 is 21.8 Å². The number of aromatic nitrogens is 3. The molecule has 3 heterocycles. The van der Waals surface area contributed by atoms with Crippen LogP contribution in [0.3, 0.4) is 0 Å². The third-order valence-corrected chi connectivity index (χ3v) is 5.39. The van der Waals surface area contributed by atoms with Crippen LogP contribution in [0.25, 0.3) is 5.65 Å². The first-order valence-corrected chi connectivity index (χ1v) is 7.36. The highest BCUT2D eigenvalue weighted by Crippen LogP contribution is 2.33. The number of rotatable bonds is 2. The Kier molecular flexibility index (Phi) is 2.44. The summed E-state index contributed by atoms with van der Waals surface area (Å²) in [4.78, 5) is 11.0. The van der Waals surface area contributed by atoms with Crippen LogP contribution in [0.1, 0.15) is 34.4 Å². The van der Waals surface area contributed by atoms with Crippen molar-refractivity contribution in [2.24, 2.45) is 0 Å². The van der Waals surface area contributed by atoms with E-state index in [1.165, 1.54) is 4.40 Å². The second-order valence-corrected chi connectivity index (χ2v) is 6.62. The SMILES string of the molecule is O=Cc1cccc2nnc(C3CCCS3(=O)=O)n12. The molecule has 0 bridgehead atoms. The van der Waals surface area contributed by atoms with E-state index in [1.54, 1.807) is 18.2 Å². The number of pyridine rings is 1. The summed E-state index contributed by atoms with van der Waals surface area (Å²) in [6.45, 7) is 0. The number of aldehydes is 1. The van der Waals surface area contributed by atoms with Crippen LogP contribution in [0.15, 0.2) is 18.2 Å². The summed E-state index contributed by atoms with van der Waals surface area (Å²) in [5.41, 5.74) is 0.867. The Bertz CT molecular complexity index is 720. The maximum absolute atomic E-state index is 11.9. The van der Waals surface area contributed by atoms with Crippen molar-refractivity contribution in [3.63, 3.8) is 0 Å². The van der Waals surface area contributed by atoms with Crippen LogP contribution in [0.4, 0.5) is 0 Å². The topological polar surface area (TPSA) is 81.4 Å². The van der Waals surface area contributed by atoms with E-state index in [4.69, 9.17) is 0 Å².